The van der Waals surface area contributed by atoms with Gasteiger partial charge in [-0.3, -0.25) is 4.79 Å². The van der Waals surface area contributed by atoms with Gasteiger partial charge in [0.05, 0.1) is 23.7 Å². The van der Waals surface area contributed by atoms with E-state index in [9.17, 15) is 4.79 Å². The molecule has 2 heterocycles. The Morgan fingerprint density at radius 2 is 2.33 bits per heavy atom. The molecule has 1 fully saturated rings. The van der Waals surface area contributed by atoms with Crippen molar-refractivity contribution in [3.8, 4) is 0 Å². The molecule has 5 heteroatoms. The Labute approximate surface area is 114 Å². The van der Waals surface area contributed by atoms with Gasteiger partial charge in [-0.05, 0) is 24.3 Å². The number of hydrogen-bond acceptors (Lipinski definition) is 4. The van der Waals surface area contributed by atoms with Crippen LogP contribution < -0.4 is 5.32 Å². The van der Waals surface area contributed by atoms with Gasteiger partial charge in [0.2, 0.25) is 5.91 Å². The number of nitrogens with zero attached hydrogens (tertiary/aromatic N) is 1. The molecule has 1 N–H and O–H groups in total. The van der Waals surface area contributed by atoms with E-state index in [2.05, 4.69) is 15.7 Å². The van der Waals surface area contributed by atoms with E-state index in [0.717, 1.165) is 10.6 Å². The highest BCUT2D eigenvalue weighted by molar-refractivity contribution is 7.10. The fourth-order valence-electron chi connectivity index (χ4n) is 1.74. The minimum absolute atomic E-state index is 0.0680. The van der Waals surface area contributed by atoms with Crippen molar-refractivity contribution < 1.29 is 4.79 Å². The van der Waals surface area contributed by atoms with Gasteiger partial charge >= 0.3 is 0 Å². The van der Waals surface area contributed by atoms with Gasteiger partial charge in [0.15, 0.2) is 0 Å². The molecule has 2 aromatic rings. The van der Waals surface area contributed by atoms with Crippen LogP contribution in [0.15, 0.2) is 22.9 Å². The van der Waals surface area contributed by atoms with Gasteiger partial charge in [0.1, 0.15) is 0 Å². The van der Waals surface area contributed by atoms with Crippen LogP contribution in [-0.4, -0.2) is 10.9 Å². The zero-order valence-corrected chi connectivity index (χ0v) is 11.5. The molecule has 0 aliphatic heterocycles. The van der Waals surface area contributed by atoms with Crippen LogP contribution in [0.5, 0.6) is 0 Å². The van der Waals surface area contributed by atoms with Crippen molar-refractivity contribution in [1.29, 1.82) is 0 Å². The Kier molecular flexibility index (Phi) is 3.43. The van der Waals surface area contributed by atoms with Gasteiger partial charge in [-0.1, -0.05) is 6.07 Å². The Balaban J connectivity index is 1.49. The summed E-state index contributed by atoms with van der Waals surface area (Å²) < 4.78 is 0. The van der Waals surface area contributed by atoms with Crippen LogP contribution >= 0.6 is 22.7 Å². The third-order valence-electron chi connectivity index (χ3n) is 2.88. The SMILES string of the molecule is O=C(Cc1cccs1)NCc1csc(C2CC2)n1. The van der Waals surface area contributed by atoms with Gasteiger partial charge < -0.3 is 5.32 Å². The molecule has 3 rings (SSSR count). The maximum Gasteiger partial charge on any atom is 0.225 e. The van der Waals surface area contributed by atoms with Crippen LogP contribution in [-0.2, 0) is 17.8 Å². The Hall–Kier alpha value is -1.20. The minimum Gasteiger partial charge on any atom is -0.350 e. The van der Waals surface area contributed by atoms with E-state index in [0.29, 0.717) is 18.9 Å². The highest BCUT2D eigenvalue weighted by atomic mass is 32.1. The van der Waals surface area contributed by atoms with Gasteiger partial charge in [0, 0.05) is 16.2 Å². The monoisotopic (exact) mass is 278 g/mol. The smallest absolute Gasteiger partial charge is 0.225 e. The molecule has 0 radical (unpaired) electrons. The molecule has 94 valence electrons. The van der Waals surface area contributed by atoms with E-state index >= 15 is 0 Å². The third kappa shape index (κ3) is 2.97. The summed E-state index contributed by atoms with van der Waals surface area (Å²) in [6.45, 7) is 0.549. The number of thiazole rings is 1. The van der Waals surface area contributed by atoms with Gasteiger partial charge in [-0.15, -0.1) is 22.7 Å². The number of aromatic nitrogens is 1. The number of carbonyl (C=O) groups excluding carboxylic acids is 1. The molecule has 1 saturated carbocycles. The van der Waals surface area contributed by atoms with E-state index < -0.39 is 0 Å². The standard InChI is InChI=1S/C13H14N2OS2/c16-12(6-11-2-1-5-17-11)14-7-10-8-18-13(15-10)9-3-4-9/h1-2,5,8-9H,3-4,6-7H2,(H,14,16). The fourth-order valence-corrected chi connectivity index (χ4v) is 3.44. The Bertz CT molecular complexity index is 529. The van der Waals surface area contributed by atoms with E-state index in [1.165, 1.54) is 17.8 Å². The van der Waals surface area contributed by atoms with E-state index in [-0.39, 0.29) is 5.91 Å². The second kappa shape index (κ2) is 5.20. The number of rotatable bonds is 5. The summed E-state index contributed by atoms with van der Waals surface area (Å²) in [6.07, 6.45) is 3.02. The molecule has 0 spiro atoms. The zero-order chi connectivity index (χ0) is 12.4. The van der Waals surface area contributed by atoms with Crippen molar-refractivity contribution in [2.75, 3.05) is 0 Å². The second-order valence-corrected chi connectivity index (χ2v) is 6.41. The van der Waals surface area contributed by atoms with Gasteiger partial charge in [-0.2, -0.15) is 0 Å². The topological polar surface area (TPSA) is 42.0 Å². The van der Waals surface area contributed by atoms with Crippen LogP contribution in [0.1, 0.15) is 34.3 Å². The molecule has 0 unspecified atom stereocenters. The van der Waals surface area contributed by atoms with Crippen molar-refractivity contribution in [3.05, 3.63) is 38.5 Å². The lowest BCUT2D eigenvalue weighted by atomic mass is 10.3. The summed E-state index contributed by atoms with van der Waals surface area (Å²) in [4.78, 5) is 17.4. The summed E-state index contributed by atoms with van der Waals surface area (Å²) >= 11 is 3.33. The van der Waals surface area contributed by atoms with Gasteiger partial charge in [-0.25, -0.2) is 4.98 Å². The van der Waals surface area contributed by atoms with Crippen molar-refractivity contribution in [3.63, 3.8) is 0 Å². The number of amides is 1. The lowest BCUT2D eigenvalue weighted by molar-refractivity contribution is -0.120. The molecule has 1 aliphatic carbocycles. The fraction of sp³-hybridized carbons (Fsp3) is 0.385. The van der Waals surface area contributed by atoms with E-state index in [1.54, 1.807) is 22.7 Å². The first kappa shape index (κ1) is 11.9. The quantitative estimate of drug-likeness (QED) is 0.913. The summed E-state index contributed by atoms with van der Waals surface area (Å²) in [5.41, 5.74) is 0.987. The molecule has 18 heavy (non-hydrogen) atoms. The molecule has 0 bridgehead atoms. The molecule has 2 aromatic heterocycles. The second-order valence-electron chi connectivity index (χ2n) is 4.48. The first-order chi connectivity index (χ1) is 8.81. The van der Waals surface area contributed by atoms with Crippen LogP contribution in [0.2, 0.25) is 0 Å². The lowest BCUT2D eigenvalue weighted by Gasteiger charge is -2.01. The molecular weight excluding hydrogens is 264 g/mol. The highest BCUT2D eigenvalue weighted by Gasteiger charge is 2.26. The lowest BCUT2D eigenvalue weighted by Crippen LogP contribution is -2.24. The predicted octanol–water partition coefficient (Wildman–Crippen LogP) is 2.94. The average Bonchev–Trinajstić information content (AvgIpc) is 2.90. The van der Waals surface area contributed by atoms with Gasteiger partial charge in [0.25, 0.3) is 0 Å². The zero-order valence-electron chi connectivity index (χ0n) is 9.89. The summed E-state index contributed by atoms with van der Waals surface area (Å²) in [6, 6.07) is 3.95. The summed E-state index contributed by atoms with van der Waals surface area (Å²) in [7, 11) is 0. The molecular formula is C13H14N2OS2. The molecule has 0 aromatic carbocycles. The number of carbonyl (C=O) groups is 1. The maximum atomic E-state index is 11.7. The van der Waals surface area contributed by atoms with Crippen LogP contribution in [0.25, 0.3) is 0 Å². The van der Waals surface area contributed by atoms with Crippen molar-refractivity contribution in [2.45, 2.75) is 31.7 Å². The molecule has 3 nitrogen and oxygen atoms in total. The van der Waals surface area contributed by atoms with Crippen LogP contribution in [0, 0.1) is 0 Å². The van der Waals surface area contributed by atoms with E-state index in [1.807, 2.05) is 17.5 Å². The summed E-state index contributed by atoms with van der Waals surface area (Å²) in [5, 5.41) is 8.20. The van der Waals surface area contributed by atoms with E-state index in [4.69, 9.17) is 0 Å². The van der Waals surface area contributed by atoms with Crippen molar-refractivity contribution >= 4 is 28.6 Å². The first-order valence-corrected chi connectivity index (χ1v) is 7.80. The largest absolute Gasteiger partial charge is 0.350 e. The Morgan fingerprint density at radius 1 is 1.44 bits per heavy atom. The highest BCUT2D eigenvalue weighted by Crippen LogP contribution is 2.41. The number of thiophene rings is 1. The van der Waals surface area contributed by atoms with Crippen molar-refractivity contribution in [2.24, 2.45) is 0 Å². The molecule has 1 amide bonds. The van der Waals surface area contributed by atoms with Crippen molar-refractivity contribution in [1.82, 2.24) is 10.3 Å². The summed E-state index contributed by atoms with van der Waals surface area (Å²) in [5.74, 6) is 0.768. The molecule has 0 saturated heterocycles. The molecule has 1 aliphatic rings. The number of nitrogens with one attached hydrogen (secondary N) is 1. The maximum absolute atomic E-state index is 11.7. The van der Waals surface area contributed by atoms with Crippen LogP contribution in [0.4, 0.5) is 0 Å². The molecule has 0 atom stereocenters. The average molecular weight is 278 g/mol. The Morgan fingerprint density at radius 3 is 3.06 bits per heavy atom. The third-order valence-corrected chi connectivity index (χ3v) is 4.81. The van der Waals surface area contributed by atoms with Crippen LogP contribution in [0.3, 0.4) is 0 Å². The first-order valence-electron chi connectivity index (χ1n) is 6.04. The predicted molar refractivity (Wildman–Crippen MR) is 74.0 cm³/mol. The minimum atomic E-state index is 0.0680. The number of hydrogen-bond donors (Lipinski definition) is 1. The normalized spacial score (nSPS) is 14.7.